The van der Waals surface area contributed by atoms with Gasteiger partial charge in [0.25, 0.3) is 0 Å². The molecule has 2 rings (SSSR count). The number of pyridine rings is 1. The van der Waals surface area contributed by atoms with Crippen molar-refractivity contribution in [2.45, 2.75) is 53.1 Å². The maximum Gasteiger partial charge on any atom is 0.128 e. The van der Waals surface area contributed by atoms with Crippen molar-refractivity contribution in [2.24, 2.45) is 5.41 Å². The predicted molar refractivity (Wildman–Crippen MR) is 86.5 cm³/mol. The molecule has 0 radical (unpaired) electrons. The van der Waals surface area contributed by atoms with Gasteiger partial charge in [-0.1, -0.05) is 25.4 Å². The van der Waals surface area contributed by atoms with Gasteiger partial charge in [-0.2, -0.15) is 0 Å². The zero-order chi connectivity index (χ0) is 15.0. The average Bonchev–Trinajstić information content (AvgIpc) is 2.67. The topological polar surface area (TPSA) is 28.2 Å². The molecule has 4 heteroatoms. The van der Waals surface area contributed by atoms with Crippen LogP contribution in [0.1, 0.15) is 46.7 Å². The van der Waals surface area contributed by atoms with Crippen LogP contribution in [0.5, 0.6) is 0 Å². The predicted octanol–water partition coefficient (Wildman–Crippen LogP) is 3.86. The van der Waals surface area contributed by atoms with Crippen molar-refractivity contribution in [1.29, 1.82) is 0 Å². The summed E-state index contributed by atoms with van der Waals surface area (Å²) in [4.78, 5) is 7.11. The number of anilines is 1. The summed E-state index contributed by atoms with van der Waals surface area (Å²) >= 11 is 6.27. The fourth-order valence-electron chi connectivity index (χ4n) is 2.43. The Hall–Kier alpha value is -0.800. The summed E-state index contributed by atoms with van der Waals surface area (Å²) in [6, 6.07) is 4.00. The average molecular weight is 296 g/mol. The Bertz CT molecular complexity index is 477. The van der Waals surface area contributed by atoms with E-state index in [9.17, 15) is 0 Å². The van der Waals surface area contributed by atoms with Crippen LogP contribution < -0.4 is 10.2 Å². The highest BCUT2D eigenvalue weighted by molar-refractivity contribution is 6.31. The summed E-state index contributed by atoms with van der Waals surface area (Å²) in [6.07, 6.45) is 1.22. The molecule has 0 saturated carbocycles. The summed E-state index contributed by atoms with van der Waals surface area (Å²) < 4.78 is 0. The third-order valence-electron chi connectivity index (χ3n) is 3.69. The third kappa shape index (κ3) is 4.10. The van der Waals surface area contributed by atoms with Gasteiger partial charge in [0.1, 0.15) is 5.82 Å². The maximum absolute atomic E-state index is 6.27. The molecule has 1 aliphatic heterocycles. The van der Waals surface area contributed by atoms with E-state index in [-0.39, 0.29) is 5.54 Å². The van der Waals surface area contributed by atoms with Crippen molar-refractivity contribution in [3.05, 3.63) is 22.8 Å². The molecule has 0 atom stereocenters. The van der Waals surface area contributed by atoms with Crippen LogP contribution in [0.2, 0.25) is 5.02 Å². The highest BCUT2D eigenvalue weighted by atomic mass is 35.5. The SMILES string of the molecule is CC1(C)CCN(c2ccc(Cl)c(CNC(C)(C)C)n2)C1. The van der Waals surface area contributed by atoms with Crippen molar-refractivity contribution < 1.29 is 0 Å². The molecule has 1 fully saturated rings. The lowest BCUT2D eigenvalue weighted by Gasteiger charge is -2.23. The van der Waals surface area contributed by atoms with Crippen molar-refractivity contribution in [1.82, 2.24) is 10.3 Å². The van der Waals surface area contributed by atoms with Gasteiger partial charge < -0.3 is 10.2 Å². The molecule has 3 nitrogen and oxygen atoms in total. The Balaban J connectivity index is 2.13. The van der Waals surface area contributed by atoms with Crippen LogP contribution >= 0.6 is 11.6 Å². The van der Waals surface area contributed by atoms with E-state index in [4.69, 9.17) is 16.6 Å². The van der Waals surface area contributed by atoms with Crippen LogP contribution in [0.3, 0.4) is 0 Å². The first-order valence-electron chi connectivity index (χ1n) is 7.32. The van der Waals surface area contributed by atoms with E-state index < -0.39 is 0 Å². The molecule has 112 valence electrons. The second kappa shape index (κ2) is 5.53. The van der Waals surface area contributed by atoms with Crippen LogP contribution in [0.25, 0.3) is 0 Å². The van der Waals surface area contributed by atoms with Gasteiger partial charge in [-0.15, -0.1) is 0 Å². The Morgan fingerprint density at radius 1 is 1.35 bits per heavy atom. The van der Waals surface area contributed by atoms with Gasteiger partial charge in [-0.05, 0) is 44.7 Å². The minimum atomic E-state index is 0.0661. The molecule has 1 aromatic heterocycles. The summed E-state index contributed by atoms with van der Waals surface area (Å²) in [7, 11) is 0. The number of nitrogens with zero attached hydrogens (tertiary/aromatic N) is 2. The lowest BCUT2D eigenvalue weighted by atomic mass is 9.93. The number of hydrogen-bond donors (Lipinski definition) is 1. The molecular formula is C16H26ClN3. The van der Waals surface area contributed by atoms with Gasteiger partial charge in [0.15, 0.2) is 0 Å². The Morgan fingerprint density at radius 2 is 2.05 bits per heavy atom. The minimum Gasteiger partial charge on any atom is -0.356 e. The zero-order valence-corrected chi connectivity index (χ0v) is 14.0. The molecular weight excluding hydrogens is 270 g/mol. The standard InChI is InChI=1S/C16H26ClN3/c1-15(2,3)18-10-13-12(17)6-7-14(19-13)20-9-8-16(4,5)11-20/h6-7,18H,8-11H2,1-5H3. The van der Waals surface area contributed by atoms with Gasteiger partial charge in [-0.25, -0.2) is 4.98 Å². The molecule has 1 saturated heterocycles. The lowest BCUT2D eigenvalue weighted by Crippen LogP contribution is -2.35. The van der Waals surface area contributed by atoms with Crippen molar-refractivity contribution in [2.75, 3.05) is 18.0 Å². The fourth-order valence-corrected chi connectivity index (χ4v) is 2.60. The van der Waals surface area contributed by atoms with Gasteiger partial charge in [0, 0.05) is 25.2 Å². The number of halogens is 1. The van der Waals surface area contributed by atoms with Gasteiger partial charge in [-0.3, -0.25) is 0 Å². The van der Waals surface area contributed by atoms with Gasteiger partial charge in [0.2, 0.25) is 0 Å². The van der Waals surface area contributed by atoms with Crippen LogP contribution in [-0.4, -0.2) is 23.6 Å². The van der Waals surface area contributed by atoms with E-state index in [0.717, 1.165) is 29.6 Å². The van der Waals surface area contributed by atoms with E-state index in [0.29, 0.717) is 12.0 Å². The molecule has 0 bridgehead atoms. The lowest BCUT2D eigenvalue weighted by molar-refractivity contribution is 0.417. The molecule has 2 heterocycles. The number of rotatable bonds is 3. The van der Waals surface area contributed by atoms with Crippen molar-refractivity contribution in [3.63, 3.8) is 0 Å². The maximum atomic E-state index is 6.27. The monoisotopic (exact) mass is 295 g/mol. The Labute approximate surface area is 127 Å². The van der Waals surface area contributed by atoms with Crippen LogP contribution in [0.4, 0.5) is 5.82 Å². The number of hydrogen-bond acceptors (Lipinski definition) is 3. The molecule has 20 heavy (non-hydrogen) atoms. The van der Waals surface area contributed by atoms with Crippen molar-refractivity contribution >= 4 is 17.4 Å². The molecule has 1 aliphatic rings. The van der Waals surface area contributed by atoms with E-state index in [1.165, 1.54) is 6.42 Å². The second-order valence-electron chi connectivity index (χ2n) is 7.54. The summed E-state index contributed by atoms with van der Waals surface area (Å²) in [6.45, 7) is 13.9. The summed E-state index contributed by atoms with van der Waals surface area (Å²) in [5, 5.41) is 4.19. The molecule has 0 spiro atoms. The first kappa shape index (κ1) is 15.6. The highest BCUT2D eigenvalue weighted by Crippen LogP contribution is 2.32. The van der Waals surface area contributed by atoms with Gasteiger partial charge in [0.05, 0.1) is 10.7 Å². The first-order chi connectivity index (χ1) is 9.16. The number of nitrogens with one attached hydrogen (secondary N) is 1. The third-order valence-corrected chi connectivity index (χ3v) is 4.04. The Morgan fingerprint density at radius 3 is 2.60 bits per heavy atom. The van der Waals surface area contributed by atoms with Crippen molar-refractivity contribution in [3.8, 4) is 0 Å². The van der Waals surface area contributed by atoms with Crippen LogP contribution in [-0.2, 0) is 6.54 Å². The van der Waals surface area contributed by atoms with E-state index >= 15 is 0 Å². The highest BCUT2D eigenvalue weighted by Gasteiger charge is 2.30. The Kier molecular flexibility index (Phi) is 4.31. The molecule has 0 aromatic carbocycles. The first-order valence-corrected chi connectivity index (χ1v) is 7.70. The van der Waals surface area contributed by atoms with Crippen LogP contribution in [0, 0.1) is 5.41 Å². The normalized spacial score (nSPS) is 18.6. The molecule has 0 aliphatic carbocycles. The van der Waals surface area contributed by atoms with Crippen LogP contribution in [0.15, 0.2) is 12.1 Å². The molecule has 0 unspecified atom stereocenters. The molecule has 1 aromatic rings. The smallest absolute Gasteiger partial charge is 0.128 e. The van der Waals surface area contributed by atoms with E-state index in [2.05, 4.69) is 44.8 Å². The van der Waals surface area contributed by atoms with Gasteiger partial charge >= 0.3 is 0 Å². The van der Waals surface area contributed by atoms with E-state index in [1.54, 1.807) is 0 Å². The minimum absolute atomic E-state index is 0.0661. The summed E-state index contributed by atoms with van der Waals surface area (Å²) in [5.41, 5.74) is 1.38. The molecule has 1 N–H and O–H groups in total. The van der Waals surface area contributed by atoms with E-state index in [1.807, 2.05) is 12.1 Å². The zero-order valence-electron chi connectivity index (χ0n) is 13.3. The largest absolute Gasteiger partial charge is 0.356 e. The molecule has 0 amide bonds. The summed E-state index contributed by atoms with van der Waals surface area (Å²) in [5.74, 6) is 1.05. The fraction of sp³-hybridized carbons (Fsp3) is 0.688. The number of aromatic nitrogens is 1. The second-order valence-corrected chi connectivity index (χ2v) is 7.94. The quantitative estimate of drug-likeness (QED) is 0.918.